The summed E-state index contributed by atoms with van der Waals surface area (Å²) in [4.78, 5) is 11.7. The summed E-state index contributed by atoms with van der Waals surface area (Å²) in [6.07, 6.45) is 13.0. The quantitative estimate of drug-likeness (QED) is 0.561. The zero-order valence-electron chi connectivity index (χ0n) is 13.6. The minimum absolute atomic E-state index is 0.359. The van der Waals surface area contributed by atoms with Gasteiger partial charge in [0.2, 0.25) is 0 Å². The number of halogens is 3. The van der Waals surface area contributed by atoms with Crippen LogP contribution in [0.5, 0.6) is 0 Å². The van der Waals surface area contributed by atoms with Gasteiger partial charge in [-0.25, -0.2) is 0 Å². The number of alkyl halides is 3. The lowest BCUT2D eigenvalue weighted by Gasteiger charge is -2.23. The van der Waals surface area contributed by atoms with E-state index in [0.29, 0.717) is 11.0 Å². The Labute approximate surface area is 145 Å². The molecule has 0 aromatic heterocycles. The fourth-order valence-electron chi connectivity index (χ4n) is 2.98. The molecule has 1 N–H and O–H groups in total. The minimum atomic E-state index is -5.84. The normalized spacial score (nSPS) is 23.5. The summed E-state index contributed by atoms with van der Waals surface area (Å²) in [7, 11) is -5.84. The summed E-state index contributed by atoms with van der Waals surface area (Å²) in [5, 5.41) is 0.359. The lowest BCUT2D eigenvalue weighted by atomic mass is 9.88. The Morgan fingerprint density at radius 3 is 2.08 bits per heavy atom. The van der Waals surface area contributed by atoms with Gasteiger partial charge in [0.1, 0.15) is 5.78 Å². The second-order valence-corrected chi connectivity index (χ2v) is 9.01. The third-order valence-electron chi connectivity index (χ3n) is 4.36. The molecular weight excluding hydrogens is 365 g/mol. The van der Waals surface area contributed by atoms with E-state index in [1.807, 2.05) is 11.8 Å². The summed E-state index contributed by atoms with van der Waals surface area (Å²) < 4.78 is 57.5. The standard InChI is InChI=1S/C14H24OS.CHF3O3S/c15-13-8-4-5-9-14(13)16-11-10-12-6-2-1-3-7-12;2-1(3,4)8(5,6)7/h12,14H,1-11H2;(H,5,6,7). The highest BCUT2D eigenvalue weighted by atomic mass is 32.2. The Bertz CT molecular complexity index is 485. The van der Waals surface area contributed by atoms with Crippen LogP contribution in [0.15, 0.2) is 0 Å². The monoisotopic (exact) mass is 390 g/mol. The molecule has 4 nitrogen and oxygen atoms in total. The predicted octanol–water partition coefficient (Wildman–Crippen LogP) is 4.60. The average Bonchev–Trinajstić information content (AvgIpc) is 2.49. The van der Waals surface area contributed by atoms with Crippen molar-refractivity contribution in [2.45, 2.75) is 75.0 Å². The van der Waals surface area contributed by atoms with Gasteiger partial charge < -0.3 is 0 Å². The first-order chi connectivity index (χ1) is 11.1. The van der Waals surface area contributed by atoms with Crippen LogP contribution in [0.3, 0.4) is 0 Å². The van der Waals surface area contributed by atoms with Gasteiger partial charge in [0.25, 0.3) is 0 Å². The molecule has 2 rings (SSSR count). The average molecular weight is 390 g/mol. The highest BCUT2D eigenvalue weighted by molar-refractivity contribution is 8.00. The molecule has 9 heteroatoms. The summed E-state index contributed by atoms with van der Waals surface area (Å²) in [6, 6.07) is 0. The molecule has 0 aliphatic heterocycles. The van der Waals surface area contributed by atoms with Crippen molar-refractivity contribution in [2.75, 3.05) is 5.75 Å². The summed E-state index contributed by atoms with van der Waals surface area (Å²) >= 11 is 1.95. The van der Waals surface area contributed by atoms with Crippen LogP contribution in [0.25, 0.3) is 0 Å². The van der Waals surface area contributed by atoms with Crippen molar-refractivity contribution in [3.8, 4) is 0 Å². The number of hydrogen-bond acceptors (Lipinski definition) is 4. The van der Waals surface area contributed by atoms with Crippen LogP contribution in [-0.2, 0) is 14.9 Å². The number of carbonyl (C=O) groups excluding carboxylic acids is 1. The van der Waals surface area contributed by atoms with Crippen LogP contribution in [0.2, 0.25) is 0 Å². The van der Waals surface area contributed by atoms with Gasteiger partial charge in [-0.05, 0) is 30.9 Å². The first-order valence-corrected chi connectivity index (χ1v) is 10.8. The van der Waals surface area contributed by atoms with E-state index < -0.39 is 15.6 Å². The first kappa shape index (κ1) is 21.8. The minimum Gasteiger partial charge on any atom is -0.298 e. The maximum absolute atomic E-state index is 11.7. The van der Waals surface area contributed by atoms with Crippen molar-refractivity contribution >= 4 is 27.7 Å². The maximum atomic E-state index is 11.7. The number of ketones is 1. The SMILES string of the molecule is O=C1CCCCC1SCCC1CCCCC1.O=S(=O)(O)C(F)(F)F. The molecule has 0 heterocycles. The van der Waals surface area contributed by atoms with E-state index in [9.17, 15) is 18.0 Å². The fourth-order valence-corrected chi connectivity index (χ4v) is 4.37. The number of carbonyl (C=O) groups is 1. The van der Waals surface area contributed by atoms with Crippen molar-refractivity contribution in [3.05, 3.63) is 0 Å². The lowest BCUT2D eigenvalue weighted by molar-refractivity contribution is -0.119. The van der Waals surface area contributed by atoms with Crippen molar-refractivity contribution in [1.82, 2.24) is 0 Å². The number of thioether (sulfide) groups is 1. The highest BCUT2D eigenvalue weighted by Gasteiger charge is 2.44. The molecule has 2 saturated carbocycles. The molecule has 0 amide bonds. The molecule has 0 spiro atoms. The van der Waals surface area contributed by atoms with Crippen LogP contribution in [0, 0.1) is 5.92 Å². The van der Waals surface area contributed by atoms with E-state index in [1.165, 1.54) is 50.7 Å². The van der Waals surface area contributed by atoms with Crippen LogP contribution < -0.4 is 0 Å². The largest absolute Gasteiger partial charge is 0.522 e. The molecule has 2 aliphatic rings. The number of hydrogen-bond donors (Lipinski definition) is 1. The van der Waals surface area contributed by atoms with Gasteiger partial charge in [0.15, 0.2) is 0 Å². The molecule has 0 saturated heterocycles. The Morgan fingerprint density at radius 2 is 1.58 bits per heavy atom. The zero-order valence-corrected chi connectivity index (χ0v) is 15.2. The van der Waals surface area contributed by atoms with Gasteiger partial charge in [-0.3, -0.25) is 9.35 Å². The van der Waals surface area contributed by atoms with Gasteiger partial charge in [0, 0.05) is 6.42 Å². The highest BCUT2D eigenvalue weighted by Crippen LogP contribution is 2.31. The second-order valence-electron chi connectivity index (χ2n) is 6.29. The van der Waals surface area contributed by atoms with Crippen molar-refractivity contribution in [1.29, 1.82) is 0 Å². The molecule has 24 heavy (non-hydrogen) atoms. The van der Waals surface area contributed by atoms with E-state index in [0.717, 1.165) is 25.2 Å². The van der Waals surface area contributed by atoms with Crippen LogP contribution >= 0.6 is 11.8 Å². The molecule has 142 valence electrons. The van der Waals surface area contributed by atoms with Crippen molar-refractivity contribution < 1.29 is 30.9 Å². The maximum Gasteiger partial charge on any atom is 0.522 e. The fraction of sp³-hybridized carbons (Fsp3) is 0.933. The van der Waals surface area contributed by atoms with Crippen molar-refractivity contribution in [2.24, 2.45) is 5.92 Å². The third-order valence-corrected chi connectivity index (χ3v) is 6.32. The van der Waals surface area contributed by atoms with Crippen LogP contribution in [0.1, 0.15) is 64.2 Å². The molecule has 2 fully saturated rings. The molecule has 0 aromatic rings. The van der Waals surface area contributed by atoms with E-state index in [1.54, 1.807) is 0 Å². The van der Waals surface area contributed by atoms with Gasteiger partial charge in [-0.2, -0.15) is 33.4 Å². The third kappa shape index (κ3) is 8.20. The van der Waals surface area contributed by atoms with Gasteiger partial charge in [-0.15, -0.1) is 0 Å². The molecule has 0 bridgehead atoms. The Kier molecular flexibility index (Phi) is 9.08. The lowest BCUT2D eigenvalue weighted by Crippen LogP contribution is -2.22. The predicted molar refractivity (Wildman–Crippen MR) is 88.5 cm³/mol. The van der Waals surface area contributed by atoms with E-state index in [2.05, 4.69) is 0 Å². The molecule has 2 aliphatic carbocycles. The van der Waals surface area contributed by atoms with Crippen molar-refractivity contribution in [3.63, 3.8) is 0 Å². The van der Waals surface area contributed by atoms with Crippen LogP contribution in [-0.4, -0.2) is 35.3 Å². The molecular formula is C15H25F3O4S2. The van der Waals surface area contributed by atoms with Gasteiger partial charge in [-0.1, -0.05) is 38.5 Å². The summed E-state index contributed by atoms with van der Waals surface area (Å²) in [5.41, 5.74) is -5.53. The molecule has 0 aromatic carbocycles. The van der Waals surface area contributed by atoms with Gasteiger partial charge >= 0.3 is 15.6 Å². The molecule has 0 radical (unpaired) electrons. The second kappa shape index (κ2) is 10.0. The smallest absolute Gasteiger partial charge is 0.298 e. The molecule has 1 unspecified atom stereocenters. The van der Waals surface area contributed by atoms with E-state index in [-0.39, 0.29) is 0 Å². The Morgan fingerprint density at radius 1 is 1.04 bits per heavy atom. The summed E-state index contributed by atoms with van der Waals surface area (Å²) in [6.45, 7) is 0. The van der Waals surface area contributed by atoms with Gasteiger partial charge in [0.05, 0.1) is 5.25 Å². The molecule has 1 atom stereocenters. The Balaban J connectivity index is 0.000000307. The Hall–Kier alpha value is -0.280. The zero-order chi connectivity index (χ0) is 18.2. The van der Waals surface area contributed by atoms with E-state index >= 15 is 0 Å². The topological polar surface area (TPSA) is 71.4 Å². The number of Topliss-reactive ketones (excluding diaryl/α,β-unsaturated/α-hetero) is 1. The number of rotatable bonds is 4. The summed E-state index contributed by atoms with van der Waals surface area (Å²) in [5.74, 6) is 2.72. The van der Waals surface area contributed by atoms with Crippen LogP contribution in [0.4, 0.5) is 13.2 Å². The van der Waals surface area contributed by atoms with E-state index in [4.69, 9.17) is 13.0 Å². The first-order valence-electron chi connectivity index (χ1n) is 8.29.